The van der Waals surface area contributed by atoms with Crippen LogP contribution in [0.25, 0.3) is 0 Å². The number of nitrogen functional groups attached to an aromatic ring is 1. The molecule has 3 aromatic rings. The van der Waals surface area contributed by atoms with Crippen molar-refractivity contribution in [2.24, 2.45) is 5.10 Å². The summed E-state index contributed by atoms with van der Waals surface area (Å²) in [6, 6.07) is 14.9. The molecule has 3 N–H and O–H groups in total. The number of hydrogen-bond donors (Lipinski definition) is 2. The van der Waals surface area contributed by atoms with Crippen LogP contribution in [0.3, 0.4) is 0 Å². The van der Waals surface area contributed by atoms with E-state index in [-0.39, 0.29) is 5.91 Å². The third kappa shape index (κ3) is 5.09. The molecular formula is C20H19ClN4O2S. The van der Waals surface area contributed by atoms with Crippen LogP contribution in [0.5, 0.6) is 5.75 Å². The molecule has 0 aliphatic rings. The maximum Gasteiger partial charge on any atom is 0.283 e. The summed E-state index contributed by atoms with van der Waals surface area (Å²) in [4.78, 5) is 16.9. The van der Waals surface area contributed by atoms with E-state index in [9.17, 15) is 4.79 Å². The zero-order chi connectivity index (χ0) is 19.9. The van der Waals surface area contributed by atoms with Crippen LogP contribution in [0.4, 0.5) is 5.13 Å². The molecule has 0 unspecified atom stereocenters. The number of amides is 1. The van der Waals surface area contributed by atoms with Crippen molar-refractivity contribution in [3.05, 3.63) is 75.3 Å². The Hall–Kier alpha value is -2.90. The lowest BCUT2D eigenvalue weighted by molar-refractivity contribution is 0.0958. The molecule has 0 aliphatic carbocycles. The van der Waals surface area contributed by atoms with Crippen LogP contribution >= 0.6 is 22.9 Å². The molecular weight excluding hydrogens is 396 g/mol. The van der Waals surface area contributed by atoms with Gasteiger partial charge in [-0.3, -0.25) is 4.79 Å². The van der Waals surface area contributed by atoms with Gasteiger partial charge in [0.2, 0.25) is 0 Å². The van der Waals surface area contributed by atoms with Crippen molar-refractivity contribution in [2.75, 3.05) is 5.73 Å². The number of aryl methyl sites for hydroxylation is 1. The van der Waals surface area contributed by atoms with Gasteiger partial charge in [-0.2, -0.15) is 5.10 Å². The third-order valence-corrected chi connectivity index (χ3v) is 5.14. The highest BCUT2D eigenvalue weighted by molar-refractivity contribution is 7.17. The van der Waals surface area contributed by atoms with Crippen LogP contribution < -0.4 is 15.9 Å². The first kappa shape index (κ1) is 19.9. The van der Waals surface area contributed by atoms with E-state index >= 15 is 0 Å². The first-order valence-corrected chi connectivity index (χ1v) is 9.81. The highest BCUT2D eigenvalue weighted by Gasteiger charge is 2.15. The monoisotopic (exact) mass is 414 g/mol. The van der Waals surface area contributed by atoms with Gasteiger partial charge in [-0.15, -0.1) is 0 Å². The number of ether oxygens (including phenoxy) is 1. The Bertz CT molecular complexity index is 1000. The summed E-state index contributed by atoms with van der Waals surface area (Å²) >= 11 is 7.29. The van der Waals surface area contributed by atoms with Crippen molar-refractivity contribution < 1.29 is 9.53 Å². The van der Waals surface area contributed by atoms with E-state index in [1.165, 1.54) is 0 Å². The zero-order valence-corrected chi connectivity index (χ0v) is 16.8. The van der Waals surface area contributed by atoms with E-state index in [2.05, 4.69) is 15.5 Å². The van der Waals surface area contributed by atoms with Gasteiger partial charge >= 0.3 is 0 Å². The molecule has 1 heterocycles. The van der Waals surface area contributed by atoms with Crippen LogP contribution in [0.15, 0.2) is 53.6 Å². The Kier molecular flexibility index (Phi) is 6.62. The van der Waals surface area contributed by atoms with E-state index < -0.39 is 0 Å². The van der Waals surface area contributed by atoms with Gasteiger partial charge in [-0.05, 0) is 30.2 Å². The minimum atomic E-state index is -0.326. The quantitative estimate of drug-likeness (QED) is 0.446. The molecule has 28 heavy (non-hydrogen) atoms. The minimum absolute atomic E-state index is 0.326. The fourth-order valence-corrected chi connectivity index (χ4v) is 3.47. The van der Waals surface area contributed by atoms with Gasteiger partial charge in [0.05, 0.1) is 11.9 Å². The Morgan fingerprint density at radius 3 is 2.93 bits per heavy atom. The number of rotatable bonds is 7. The Labute approximate surface area is 172 Å². The lowest BCUT2D eigenvalue weighted by Crippen LogP contribution is -2.17. The van der Waals surface area contributed by atoms with Crippen LogP contribution in [0.2, 0.25) is 5.02 Å². The van der Waals surface area contributed by atoms with Crippen LogP contribution in [0, 0.1) is 0 Å². The fourth-order valence-electron chi connectivity index (χ4n) is 2.46. The molecule has 6 nitrogen and oxygen atoms in total. The largest absolute Gasteiger partial charge is 0.489 e. The summed E-state index contributed by atoms with van der Waals surface area (Å²) in [6.45, 7) is 2.28. The Morgan fingerprint density at radius 1 is 1.32 bits per heavy atom. The number of hydrogen-bond acceptors (Lipinski definition) is 6. The minimum Gasteiger partial charge on any atom is -0.489 e. The van der Waals surface area contributed by atoms with Crippen LogP contribution in [0.1, 0.15) is 33.4 Å². The molecule has 0 saturated carbocycles. The molecule has 3 rings (SSSR count). The average molecular weight is 415 g/mol. The fraction of sp³-hybridized carbons (Fsp3) is 0.150. The molecule has 8 heteroatoms. The Morgan fingerprint density at radius 2 is 2.14 bits per heavy atom. The predicted molar refractivity (Wildman–Crippen MR) is 113 cm³/mol. The van der Waals surface area contributed by atoms with Gasteiger partial charge in [0.15, 0.2) is 5.13 Å². The number of nitrogens with zero attached hydrogens (tertiary/aromatic N) is 2. The number of anilines is 1. The second-order valence-electron chi connectivity index (χ2n) is 5.83. The molecule has 0 atom stereocenters. The lowest BCUT2D eigenvalue weighted by Gasteiger charge is -2.08. The van der Waals surface area contributed by atoms with Crippen molar-refractivity contribution in [3.63, 3.8) is 0 Å². The second kappa shape index (κ2) is 9.34. The van der Waals surface area contributed by atoms with Gasteiger partial charge in [0, 0.05) is 10.6 Å². The number of carbonyl (C=O) groups is 1. The van der Waals surface area contributed by atoms with Crippen molar-refractivity contribution in [1.29, 1.82) is 0 Å². The van der Waals surface area contributed by atoms with Crippen LogP contribution in [-0.4, -0.2) is 17.1 Å². The first-order valence-electron chi connectivity index (χ1n) is 8.61. The molecule has 0 spiro atoms. The molecule has 1 amide bonds. The van der Waals surface area contributed by atoms with Gasteiger partial charge in [-0.25, -0.2) is 10.4 Å². The Balaban J connectivity index is 1.61. The normalized spacial score (nSPS) is 10.9. The summed E-state index contributed by atoms with van der Waals surface area (Å²) < 4.78 is 5.79. The van der Waals surface area contributed by atoms with Crippen LogP contribution in [-0.2, 0) is 13.0 Å². The maximum atomic E-state index is 12.2. The molecule has 0 aliphatic heterocycles. The number of benzene rings is 2. The molecule has 1 aromatic heterocycles. The first-order chi connectivity index (χ1) is 13.6. The predicted octanol–water partition coefficient (Wildman–Crippen LogP) is 4.28. The number of carbonyl (C=O) groups excluding carboxylic acids is 1. The number of nitrogens with one attached hydrogen (secondary N) is 1. The number of thiazole rings is 1. The molecule has 144 valence electrons. The summed E-state index contributed by atoms with van der Waals surface area (Å²) in [6.07, 6.45) is 2.18. The van der Waals surface area contributed by atoms with Gasteiger partial charge < -0.3 is 10.5 Å². The summed E-state index contributed by atoms with van der Waals surface area (Å²) in [5.41, 5.74) is 10.6. The lowest BCUT2D eigenvalue weighted by atomic mass is 10.2. The highest BCUT2D eigenvalue weighted by atomic mass is 35.5. The van der Waals surface area contributed by atoms with Crippen molar-refractivity contribution in [2.45, 2.75) is 20.0 Å². The molecule has 0 saturated heterocycles. The van der Waals surface area contributed by atoms with Gasteiger partial charge in [0.25, 0.3) is 5.91 Å². The molecule has 2 aromatic carbocycles. The number of nitrogens with two attached hydrogens (primary N) is 1. The molecule has 0 bridgehead atoms. The standard InChI is InChI=1S/C20H19ClN4O2S/c1-2-17-18(28-20(22)24-17)19(26)25-23-11-13-6-5-8-15(10-13)27-12-14-7-3-4-9-16(14)21/h3-11H,2,12H2,1H3,(H2,22,24)(H,25,26)/b23-11-. The molecule has 0 fully saturated rings. The zero-order valence-electron chi connectivity index (χ0n) is 15.2. The number of aromatic nitrogens is 1. The van der Waals surface area contributed by atoms with Crippen molar-refractivity contribution in [1.82, 2.24) is 10.4 Å². The van der Waals surface area contributed by atoms with Gasteiger partial charge in [-0.1, -0.05) is 60.2 Å². The smallest absolute Gasteiger partial charge is 0.283 e. The second-order valence-corrected chi connectivity index (χ2v) is 7.27. The van der Waals surface area contributed by atoms with E-state index in [0.29, 0.717) is 39.5 Å². The summed E-state index contributed by atoms with van der Waals surface area (Å²) in [5.74, 6) is 0.354. The van der Waals surface area contributed by atoms with E-state index in [4.69, 9.17) is 22.1 Å². The summed E-state index contributed by atoms with van der Waals surface area (Å²) in [5, 5.41) is 5.05. The number of halogens is 1. The van der Waals surface area contributed by atoms with Crippen molar-refractivity contribution >= 4 is 40.2 Å². The topological polar surface area (TPSA) is 89.6 Å². The maximum absolute atomic E-state index is 12.2. The van der Waals surface area contributed by atoms with Gasteiger partial charge in [0.1, 0.15) is 17.2 Å². The molecule has 0 radical (unpaired) electrons. The highest BCUT2D eigenvalue weighted by Crippen LogP contribution is 2.21. The average Bonchev–Trinajstić information content (AvgIpc) is 3.08. The summed E-state index contributed by atoms with van der Waals surface area (Å²) in [7, 11) is 0. The van der Waals surface area contributed by atoms with E-state index in [1.807, 2.05) is 55.5 Å². The van der Waals surface area contributed by atoms with E-state index in [1.54, 1.807) is 6.21 Å². The third-order valence-electron chi connectivity index (χ3n) is 3.84. The van der Waals surface area contributed by atoms with Crippen molar-refractivity contribution in [3.8, 4) is 5.75 Å². The SMILES string of the molecule is CCc1nc(N)sc1C(=O)N/N=C\c1cccc(OCc2ccccc2Cl)c1. The van der Waals surface area contributed by atoms with E-state index in [0.717, 1.165) is 22.5 Å². The number of hydrazone groups is 1.